The highest BCUT2D eigenvalue weighted by Gasteiger charge is 2.30. The maximum Gasteiger partial charge on any atom is 0.303 e. The summed E-state index contributed by atoms with van der Waals surface area (Å²) in [6.45, 7) is 0. The van der Waals surface area contributed by atoms with Crippen molar-refractivity contribution in [1.82, 2.24) is 16.0 Å². The van der Waals surface area contributed by atoms with Gasteiger partial charge < -0.3 is 31.9 Å². The van der Waals surface area contributed by atoms with Crippen LogP contribution in [0.5, 0.6) is 5.75 Å². The number of nitrogens with two attached hydrogens (primary N) is 1. The first-order chi connectivity index (χ1) is 17.6. The van der Waals surface area contributed by atoms with E-state index in [9.17, 15) is 29.1 Å². The number of amides is 4. The van der Waals surface area contributed by atoms with E-state index < -0.39 is 54.1 Å². The lowest BCUT2D eigenvalue weighted by molar-refractivity contribution is -0.137. The zero-order chi connectivity index (χ0) is 26.9. The molecule has 2 aromatic carbocycles. The van der Waals surface area contributed by atoms with E-state index in [1.807, 2.05) is 0 Å². The molecule has 11 nitrogen and oxygen atoms in total. The average molecular weight is 529 g/mol. The highest BCUT2D eigenvalue weighted by Crippen LogP contribution is 2.19. The summed E-state index contributed by atoms with van der Waals surface area (Å²) in [6, 6.07) is 9.26. The number of benzene rings is 2. The predicted octanol–water partition coefficient (Wildman–Crippen LogP) is 0.300. The molecule has 1 aliphatic rings. The van der Waals surface area contributed by atoms with Gasteiger partial charge in [-0.1, -0.05) is 30.3 Å². The predicted molar refractivity (Wildman–Crippen MR) is 136 cm³/mol. The number of carbonyl (C=O) groups excluding carboxylic acids is 4. The van der Waals surface area contributed by atoms with E-state index in [2.05, 4.69) is 16.0 Å². The Morgan fingerprint density at radius 2 is 1.62 bits per heavy atom. The van der Waals surface area contributed by atoms with Crippen molar-refractivity contribution >= 4 is 41.4 Å². The Labute approximate surface area is 217 Å². The lowest BCUT2D eigenvalue weighted by Gasteiger charge is -2.25. The summed E-state index contributed by atoms with van der Waals surface area (Å²) >= 11 is 1.30. The Kier molecular flexibility index (Phi) is 9.50. The summed E-state index contributed by atoms with van der Waals surface area (Å²) in [5, 5.41) is 26.5. The zero-order valence-corrected chi connectivity index (χ0v) is 20.6. The summed E-state index contributed by atoms with van der Waals surface area (Å²) in [5.74, 6) is -3.42. The summed E-state index contributed by atoms with van der Waals surface area (Å²) < 4.78 is 0. The highest BCUT2D eigenvalue weighted by molar-refractivity contribution is 7.98. The fourth-order valence-electron chi connectivity index (χ4n) is 3.74. The van der Waals surface area contributed by atoms with E-state index in [1.54, 1.807) is 36.4 Å². The summed E-state index contributed by atoms with van der Waals surface area (Å²) in [5.41, 5.74) is 7.06. The number of carboxylic acid groups (broad SMARTS) is 1. The van der Waals surface area contributed by atoms with Gasteiger partial charge in [0.1, 0.15) is 23.9 Å². The third kappa shape index (κ3) is 7.97. The van der Waals surface area contributed by atoms with Gasteiger partial charge in [-0.05, 0) is 35.7 Å². The second kappa shape index (κ2) is 12.8. The maximum absolute atomic E-state index is 13.2. The Bertz CT molecular complexity index is 1170. The van der Waals surface area contributed by atoms with Crippen LogP contribution in [0.2, 0.25) is 0 Å². The number of hydrogen-bond acceptors (Lipinski definition) is 7. The number of rotatable bonds is 6. The van der Waals surface area contributed by atoms with Crippen LogP contribution in [-0.2, 0) is 31.4 Å². The number of phenols is 1. The minimum absolute atomic E-state index is 0.00108. The van der Waals surface area contributed by atoms with Gasteiger partial charge in [0.05, 0.1) is 0 Å². The Morgan fingerprint density at radius 1 is 0.946 bits per heavy atom. The van der Waals surface area contributed by atoms with Crippen molar-refractivity contribution in [2.75, 3.05) is 5.75 Å². The van der Waals surface area contributed by atoms with E-state index in [0.29, 0.717) is 22.4 Å². The molecule has 0 bridgehead atoms. The molecule has 37 heavy (non-hydrogen) atoms. The van der Waals surface area contributed by atoms with Crippen molar-refractivity contribution < 1.29 is 34.2 Å². The molecule has 1 aliphatic heterocycles. The summed E-state index contributed by atoms with van der Waals surface area (Å²) in [6.07, 6.45) is -0.603. The molecule has 0 spiro atoms. The molecule has 196 valence electrons. The van der Waals surface area contributed by atoms with E-state index >= 15 is 0 Å². The van der Waals surface area contributed by atoms with Crippen LogP contribution in [0.1, 0.15) is 34.3 Å². The molecule has 3 rings (SSSR count). The third-order valence-corrected chi connectivity index (χ3v) is 6.83. The monoisotopic (exact) mass is 528 g/mol. The fourth-order valence-corrected chi connectivity index (χ4v) is 4.82. The van der Waals surface area contributed by atoms with Crippen LogP contribution in [0.15, 0.2) is 48.5 Å². The van der Waals surface area contributed by atoms with E-state index in [-0.39, 0.29) is 24.3 Å². The standard InChI is InChI=1S/C25H28N4O7S/c26-22(33)20-13-37-12-15-3-1-2-4-17(15)23(34)27-18(9-10-21(31)32)24(35)28-19(25(36)29-20)11-14-5-7-16(30)8-6-14/h1-8,18-20,30H,9-13H2,(H2,26,33)(H,27,34)(H,28,35)(H,29,36)(H,31,32)/t18?,19?,20-/m0/s1. The van der Waals surface area contributed by atoms with Crippen molar-refractivity contribution in [2.45, 2.75) is 43.1 Å². The van der Waals surface area contributed by atoms with Crippen LogP contribution in [0, 0.1) is 0 Å². The zero-order valence-electron chi connectivity index (χ0n) is 19.8. The molecule has 0 saturated carbocycles. The normalized spacial score (nSPS) is 21.0. The second-order valence-corrected chi connectivity index (χ2v) is 9.56. The van der Waals surface area contributed by atoms with Crippen molar-refractivity contribution in [3.05, 3.63) is 65.2 Å². The van der Waals surface area contributed by atoms with Gasteiger partial charge in [0, 0.05) is 29.9 Å². The van der Waals surface area contributed by atoms with Gasteiger partial charge in [-0.2, -0.15) is 11.8 Å². The average Bonchev–Trinajstić information content (AvgIpc) is 2.86. The number of fused-ring (bicyclic) bond motifs is 1. The van der Waals surface area contributed by atoms with Gasteiger partial charge in [-0.25, -0.2) is 0 Å². The summed E-state index contributed by atoms with van der Waals surface area (Å²) in [7, 11) is 0. The van der Waals surface area contributed by atoms with Crippen molar-refractivity contribution in [1.29, 1.82) is 0 Å². The molecule has 12 heteroatoms. The van der Waals surface area contributed by atoms with Crippen LogP contribution in [-0.4, -0.2) is 63.7 Å². The van der Waals surface area contributed by atoms with Gasteiger partial charge in [0.2, 0.25) is 17.7 Å². The van der Waals surface area contributed by atoms with Gasteiger partial charge in [0.25, 0.3) is 5.91 Å². The number of aromatic hydroxyl groups is 1. The lowest BCUT2D eigenvalue weighted by Crippen LogP contribution is -2.57. The van der Waals surface area contributed by atoms with Crippen LogP contribution < -0.4 is 21.7 Å². The van der Waals surface area contributed by atoms with Gasteiger partial charge in [-0.15, -0.1) is 0 Å². The number of hydrogen-bond donors (Lipinski definition) is 6. The van der Waals surface area contributed by atoms with Crippen molar-refractivity contribution in [2.24, 2.45) is 5.73 Å². The molecule has 0 fully saturated rings. The number of aliphatic carboxylic acids is 1. The molecular formula is C25H28N4O7S. The first-order valence-electron chi connectivity index (χ1n) is 11.5. The molecule has 2 aromatic rings. The van der Waals surface area contributed by atoms with Crippen molar-refractivity contribution in [3.63, 3.8) is 0 Å². The molecule has 0 radical (unpaired) electrons. The minimum atomic E-state index is -1.24. The van der Waals surface area contributed by atoms with E-state index in [0.717, 1.165) is 0 Å². The molecule has 0 aromatic heterocycles. The van der Waals surface area contributed by atoms with Gasteiger partial charge in [0.15, 0.2) is 0 Å². The topological polar surface area (TPSA) is 188 Å². The molecule has 3 atom stereocenters. The van der Waals surface area contributed by atoms with E-state index in [4.69, 9.17) is 10.8 Å². The quantitative estimate of drug-likeness (QED) is 0.309. The van der Waals surface area contributed by atoms with Gasteiger partial charge in [-0.3, -0.25) is 24.0 Å². The maximum atomic E-state index is 13.2. The smallest absolute Gasteiger partial charge is 0.303 e. The van der Waals surface area contributed by atoms with Crippen LogP contribution >= 0.6 is 11.8 Å². The minimum Gasteiger partial charge on any atom is -0.508 e. The summed E-state index contributed by atoms with van der Waals surface area (Å²) in [4.78, 5) is 62.8. The van der Waals surface area contributed by atoms with Gasteiger partial charge >= 0.3 is 5.97 Å². The first-order valence-corrected chi connectivity index (χ1v) is 12.7. The largest absolute Gasteiger partial charge is 0.508 e. The molecule has 4 amide bonds. The van der Waals surface area contributed by atoms with E-state index in [1.165, 1.54) is 23.9 Å². The number of nitrogens with one attached hydrogen (secondary N) is 3. The Morgan fingerprint density at radius 3 is 2.30 bits per heavy atom. The fraction of sp³-hybridized carbons (Fsp3) is 0.320. The third-order valence-electron chi connectivity index (χ3n) is 5.74. The van der Waals surface area contributed by atoms with Crippen LogP contribution in [0.4, 0.5) is 0 Å². The number of phenolic OH excluding ortho intramolecular Hbond substituents is 1. The number of carboxylic acids is 1. The second-order valence-electron chi connectivity index (χ2n) is 8.53. The number of primary amides is 1. The Hall–Kier alpha value is -4.06. The molecule has 2 unspecified atom stereocenters. The van der Waals surface area contributed by atoms with Crippen LogP contribution in [0.25, 0.3) is 0 Å². The van der Waals surface area contributed by atoms with Crippen molar-refractivity contribution in [3.8, 4) is 5.75 Å². The SMILES string of the molecule is NC(=O)[C@@H]1CSCc2ccccc2C(=O)NC(CCC(=O)O)C(=O)NC(Cc2ccc(O)cc2)C(=O)N1. The molecular weight excluding hydrogens is 500 g/mol. The lowest BCUT2D eigenvalue weighted by atomic mass is 10.0. The molecule has 0 aliphatic carbocycles. The number of thioether (sulfide) groups is 1. The number of carbonyl (C=O) groups is 5. The first kappa shape index (κ1) is 27.5. The highest BCUT2D eigenvalue weighted by atomic mass is 32.2. The molecule has 1 heterocycles. The molecule has 7 N–H and O–H groups in total. The van der Waals surface area contributed by atoms with Crippen LogP contribution in [0.3, 0.4) is 0 Å². The Balaban J connectivity index is 1.96. The molecule has 0 saturated heterocycles.